The van der Waals surface area contributed by atoms with Gasteiger partial charge in [-0.1, -0.05) is 17.7 Å². The van der Waals surface area contributed by atoms with Gasteiger partial charge in [-0.2, -0.15) is 0 Å². The minimum Gasteiger partial charge on any atom is -0.356 e. The van der Waals surface area contributed by atoms with Gasteiger partial charge in [0.2, 0.25) is 0 Å². The summed E-state index contributed by atoms with van der Waals surface area (Å²) in [7, 11) is 0. The second-order valence-electron chi connectivity index (χ2n) is 7.07. The maximum absolute atomic E-state index is 14.3. The van der Waals surface area contributed by atoms with E-state index in [0.29, 0.717) is 28.7 Å². The molecule has 2 saturated heterocycles. The van der Waals surface area contributed by atoms with Gasteiger partial charge >= 0.3 is 0 Å². The number of hydrogen-bond acceptors (Lipinski definition) is 6. The fraction of sp³-hybridized carbons (Fsp3) is 0.316. The third kappa shape index (κ3) is 2.96. The maximum atomic E-state index is 14.3. The van der Waals surface area contributed by atoms with Gasteiger partial charge in [0, 0.05) is 26.2 Å². The van der Waals surface area contributed by atoms with E-state index in [-0.39, 0.29) is 10.7 Å². The minimum atomic E-state index is -0.512. The lowest BCUT2D eigenvalue weighted by Crippen LogP contribution is -2.26. The first-order chi connectivity index (χ1) is 13.2. The lowest BCUT2D eigenvalue weighted by molar-refractivity contribution is 0.533. The number of hydrogen-bond donors (Lipinski definition) is 2. The molecule has 2 N–H and O–H groups in total. The van der Waals surface area contributed by atoms with Gasteiger partial charge in [-0.15, -0.1) is 0 Å². The predicted molar refractivity (Wildman–Crippen MR) is 104 cm³/mol. The summed E-state index contributed by atoms with van der Waals surface area (Å²) in [5.41, 5.74) is 1.58. The van der Waals surface area contributed by atoms with Crippen LogP contribution in [0.1, 0.15) is 0 Å². The molecule has 2 fully saturated rings. The first-order valence-electron chi connectivity index (χ1n) is 8.97. The normalized spacial score (nSPS) is 21.6. The lowest BCUT2D eigenvalue weighted by Gasteiger charge is -2.19. The van der Waals surface area contributed by atoms with E-state index in [1.54, 1.807) is 12.1 Å². The van der Waals surface area contributed by atoms with E-state index < -0.39 is 5.82 Å². The summed E-state index contributed by atoms with van der Waals surface area (Å²) in [6, 6.07) is 8.75. The van der Waals surface area contributed by atoms with Gasteiger partial charge in [0.15, 0.2) is 11.6 Å². The fourth-order valence-corrected chi connectivity index (χ4v) is 4.14. The first kappa shape index (κ1) is 16.6. The summed E-state index contributed by atoms with van der Waals surface area (Å²) in [5, 5.41) is 6.52. The van der Waals surface area contributed by atoms with Crippen LogP contribution in [0.5, 0.6) is 0 Å². The number of anilines is 3. The molecular formula is C19H18ClFN6. The smallest absolute Gasteiger partial charge is 0.165 e. The Hall–Kier alpha value is -2.51. The molecule has 27 heavy (non-hydrogen) atoms. The Morgan fingerprint density at radius 3 is 2.74 bits per heavy atom. The van der Waals surface area contributed by atoms with Gasteiger partial charge in [-0.05, 0) is 36.1 Å². The van der Waals surface area contributed by atoms with Crippen LogP contribution in [0.25, 0.3) is 11.0 Å². The Morgan fingerprint density at radius 2 is 1.93 bits per heavy atom. The van der Waals surface area contributed by atoms with Crippen molar-refractivity contribution in [2.75, 3.05) is 36.4 Å². The Bertz CT molecular complexity index is 1000. The van der Waals surface area contributed by atoms with Crippen molar-refractivity contribution in [1.29, 1.82) is 0 Å². The number of halogens is 2. The number of rotatable bonds is 3. The topological polar surface area (TPSA) is 66.0 Å². The molecule has 2 aliphatic heterocycles. The summed E-state index contributed by atoms with van der Waals surface area (Å²) in [5.74, 6) is 2.20. The largest absolute Gasteiger partial charge is 0.356 e. The number of nitrogens with one attached hydrogen (secondary N) is 2. The molecule has 3 aromatic rings. The molecule has 0 aliphatic carbocycles. The molecule has 138 valence electrons. The van der Waals surface area contributed by atoms with Crippen molar-refractivity contribution in [1.82, 2.24) is 20.3 Å². The highest BCUT2D eigenvalue weighted by Gasteiger charge is 2.36. The third-order valence-electron chi connectivity index (χ3n) is 5.39. The van der Waals surface area contributed by atoms with E-state index in [9.17, 15) is 4.39 Å². The van der Waals surface area contributed by atoms with Crippen LogP contribution >= 0.6 is 11.6 Å². The average Bonchev–Trinajstić information content (AvgIpc) is 3.27. The summed E-state index contributed by atoms with van der Waals surface area (Å²) in [4.78, 5) is 15.7. The SMILES string of the molecule is Fc1c(Cl)cccc1Nc1ncnc2ccc(N3C[C@H]4CNC[C@H]4C3)nc12. The lowest BCUT2D eigenvalue weighted by atomic mass is 10.0. The van der Waals surface area contributed by atoms with E-state index in [1.807, 2.05) is 12.1 Å². The molecule has 0 radical (unpaired) electrons. The molecular weight excluding hydrogens is 367 g/mol. The van der Waals surface area contributed by atoms with Crippen LogP contribution in [-0.2, 0) is 0 Å². The van der Waals surface area contributed by atoms with Crippen molar-refractivity contribution in [2.24, 2.45) is 11.8 Å². The quantitative estimate of drug-likeness (QED) is 0.722. The van der Waals surface area contributed by atoms with Crippen molar-refractivity contribution in [2.45, 2.75) is 0 Å². The van der Waals surface area contributed by atoms with Crippen LogP contribution in [0.4, 0.5) is 21.7 Å². The van der Waals surface area contributed by atoms with Gasteiger partial charge in [0.05, 0.1) is 16.2 Å². The van der Waals surface area contributed by atoms with E-state index in [2.05, 4.69) is 25.5 Å². The van der Waals surface area contributed by atoms with E-state index >= 15 is 0 Å². The summed E-state index contributed by atoms with van der Waals surface area (Å²) >= 11 is 5.88. The van der Waals surface area contributed by atoms with Crippen LogP contribution in [-0.4, -0.2) is 41.1 Å². The van der Waals surface area contributed by atoms with E-state index in [0.717, 1.165) is 32.0 Å². The number of aromatic nitrogens is 3. The van der Waals surface area contributed by atoms with Crippen LogP contribution in [0.2, 0.25) is 5.02 Å². The van der Waals surface area contributed by atoms with Gasteiger partial charge in [-0.25, -0.2) is 19.3 Å². The zero-order valence-electron chi connectivity index (χ0n) is 14.5. The summed E-state index contributed by atoms with van der Waals surface area (Å²) in [6.07, 6.45) is 1.44. The van der Waals surface area contributed by atoms with Crippen molar-refractivity contribution in [3.63, 3.8) is 0 Å². The molecule has 0 bridgehead atoms. The Balaban J connectivity index is 1.50. The molecule has 2 aromatic heterocycles. The monoisotopic (exact) mass is 384 g/mol. The molecule has 6 nitrogen and oxygen atoms in total. The summed E-state index contributed by atoms with van der Waals surface area (Å²) in [6.45, 7) is 4.13. The van der Waals surface area contributed by atoms with Gasteiger partial charge in [-0.3, -0.25) is 0 Å². The van der Waals surface area contributed by atoms with Crippen molar-refractivity contribution < 1.29 is 4.39 Å². The number of benzene rings is 1. The Kier molecular flexibility index (Phi) is 4.06. The molecule has 0 amide bonds. The van der Waals surface area contributed by atoms with Gasteiger partial charge in [0.1, 0.15) is 17.7 Å². The van der Waals surface area contributed by atoms with Crippen LogP contribution in [0.3, 0.4) is 0 Å². The van der Waals surface area contributed by atoms with Crippen molar-refractivity contribution in [3.05, 3.63) is 47.5 Å². The van der Waals surface area contributed by atoms with Gasteiger partial charge < -0.3 is 15.5 Å². The molecule has 0 unspecified atom stereocenters. The fourth-order valence-electron chi connectivity index (χ4n) is 3.97. The van der Waals surface area contributed by atoms with Crippen molar-refractivity contribution in [3.8, 4) is 0 Å². The Labute approximate surface area is 160 Å². The number of nitrogens with zero attached hydrogens (tertiary/aromatic N) is 4. The average molecular weight is 385 g/mol. The first-order valence-corrected chi connectivity index (χ1v) is 9.35. The highest BCUT2D eigenvalue weighted by Crippen LogP contribution is 2.32. The highest BCUT2D eigenvalue weighted by atomic mass is 35.5. The molecule has 0 saturated carbocycles. The molecule has 2 aliphatic rings. The number of fused-ring (bicyclic) bond motifs is 2. The zero-order chi connectivity index (χ0) is 18.4. The van der Waals surface area contributed by atoms with Crippen molar-refractivity contribution >= 4 is 40.0 Å². The number of pyridine rings is 1. The highest BCUT2D eigenvalue weighted by molar-refractivity contribution is 6.31. The molecule has 1 aromatic carbocycles. The van der Waals surface area contributed by atoms with Crippen LogP contribution in [0, 0.1) is 17.7 Å². The molecule has 2 atom stereocenters. The third-order valence-corrected chi connectivity index (χ3v) is 5.68. The second kappa shape index (κ2) is 6.58. The minimum absolute atomic E-state index is 0.0595. The van der Waals surface area contributed by atoms with Crippen LogP contribution < -0.4 is 15.5 Å². The molecule has 0 spiro atoms. The standard InChI is InChI=1S/C19H18ClFN6/c20-13-2-1-3-14(17(13)21)25-19-18-15(23-10-24-19)4-5-16(26-18)27-8-11-6-22-7-12(11)9-27/h1-5,10-12,22H,6-9H2,(H,23,24,25)/t11-,12+. The van der Waals surface area contributed by atoms with Gasteiger partial charge in [0.25, 0.3) is 0 Å². The second-order valence-corrected chi connectivity index (χ2v) is 7.48. The zero-order valence-corrected chi connectivity index (χ0v) is 15.2. The maximum Gasteiger partial charge on any atom is 0.165 e. The predicted octanol–water partition coefficient (Wildman–Crippen LogP) is 3.22. The van der Waals surface area contributed by atoms with E-state index in [1.165, 1.54) is 12.4 Å². The molecule has 4 heterocycles. The van der Waals surface area contributed by atoms with E-state index in [4.69, 9.17) is 16.6 Å². The summed E-state index contributed by atoms with van der Waals surface area (Å²) < 4.78 is 14.3. The van der Waals surface area contributed by atoms with Crippen LogP contribution in [0.15, 0.2) is 36.7 Å². The Morgan fingerprint density at radius 1 is 1.11 bits per heavy atom. The molecule has 8 heteroatoms. The molecule has 5 rings (SSSR count).